The Kier molecular flexibility index (Phi) is 3.45. The zero-order valence-electron chi connectivity index (χ0n) is 12.6. The topological polar surface area (TPSA) is 69.1 Å². The van der Waals surface area contributed by atoms with Crippen LogP contribution in [0.3, 0.4) is 0 Å². The van der Waals surface area contributed by atoms with E-state index in [-0.39, 0.29) is 11.8 Å². The van der Waals surface area contributed by atoms with Gasteiger partial charge in [-0.2, -0.15) is 5.10 Å². The molecule has 0 saturated heterocycles. The van der Waals surface area contributed by atoms with Gasteiger partial charge in [-0.3, -0.25) is 9.48 Å². The van der Waals surface area contributed by atoms with Crippen molar-refractivity contribution in [2.24, 2.45) is 5.92 Å². The van der Waals surface area contributed by atoms with Crippen molar-refractivity contribution >= 4 is 5.91 Å². The second-order valence-electron chi connectivity index (χ2n) is 5.79. The average Bonchev–Trinajstić information content (AvgIpc) is 3.28. The summed E-state index contributed by atoms with van der Waals surface area (Å²) in [6, 6.07) is 3.61. The van der Waals surface area contributed by atoms with Gasteiger partial charge in [-0.1, -0.05) is 0 Å². The number of aromatic nitrogens is 4. The van der Waals surface area contributed by atoms with Crippen molar-refractivity contribution in [2.45, 2.75) is 19.6 Å². The Bertz CT molecular complexity index is 775. The Morgan fingerprint density at radius 3 is 3.04 bits per heavy atom. The lowest BCUT2D eigenvalue weighted by molar-refractivity contribution is 0.0712. The molecule has 0 radical (unpaired) electrons. The highest BCUT2D eigenvalue weighted by Crippen LogP contribution is 2.19. The van der Waals surface area contributed by atoms with Crippen LogP contribution in [-0.4, -0.2) is 36.7 Å². The Hall–Kier alpha value is -2.83. The third kappa shape index (κ3) is 2.77. The summed E-state index contributed by atoms with van der Waals surface area (Å²) >= 11 is 0. The van der Waals surface area contributed by atoms with Crippen molar-refractivity contribution in [3.8, 4) is 0 Å². The van der Waals surface area contributed by atoms with E-state index in [0.717, 1.165) is 18.9 Å². The first-order valence-corrected chi connectivity index (χ1v) is 7.58. The maximum atomic E-state index is 12.7. The van der Waals surface area contributed by atoms with Crippen molar-refractivity contribution in [3.05, 3.63) is 60.8 Å². The molecule has 23 heavy (non-hydrogen) atoms. The van der Waals surface area contributed by atoms with Gasteiger partial charge < -0.3 is 13.9 Å². The molecular formula is C16H17N5O2. The Labute approximate surface area is 133 Å². The fraction of sp³-hybridized carbons (Fsp3) is 0.312. The van der Waals surface area contributed by atoms with E-state index in [1.54, 1.807) is 18.5 Å². The number of amides is 1. The Balaban J connectivity index is 1.60. The molecule has 1 atom stereocenters. The van der Waals surface area contributed by atoms with E-state index in [2.05, 4.69) is 14.6 Å². The molecule has 0 aliphatic carbocycles. The van der Waals surface area contributed by atoms with E-state index >= 15 is 0 Å². The summed E-state index contributed by atoms with van der Waals surface area (Å²) in [5.41, 5.74) is 0.572. The van der Waals surface area contributed by atoms with E-state index in [1.807, 2.05) is 28.0 Å². The summed E-state index contributed by atoms with van der Waals surface area (Å²) in [6.45, 7) is 2.75. The van der Waals surface area contributed by atoms with Gasteiger partial charge in [-0.05, 0) is 12.1 Å². The molecule has 1 amide bonds. The molecule has 1 aliphatic rings. The number of imidazole rings is 1. The molecule has 7 nitrogen and oxygen atoms in total. The maximum Gasteiger partial charge on any atom is 0.257 e. The smallest absolute Gasteiger partial charge is 0.257 e. The van der Waals surface area contributed by atoms with E-state index in [9.17, 15) is 4.79 Å². The predicted molar refractivity (Wildman–Crippen MR) is 81.4 cm³/mol. The Morgan fingerprint density at radius 2 is 2.26 bits per heavy atom. The van der Waals surface area contributed by atoms with E-state index in [4.69, 9.17) is 4.42 Å². The number of carbonyl (C=O) groups excluding carboxylic acids is 1. The maximum absolute atomic E-state index is 12.7. The average molecular weight is 311 g/mol. The van der Waals surface area contributed by atoms with Crippen LogP contribution < -0.4 is 0 Å². The molecule has 0 N–H and O–H groups in total. The first kappa shape index (κ1) is 13.8. The molecule has 118 valence electrons. The van der Waals surface area contributed by atoms with Gasteiger partial charge >= 0.3 is 0 Å². The lowest BCUT2D eigenvalue weighted by Gasteiger charge is -2.23. The van der Waals surface area contributed by atoms with Gasteiger partial charge in [-0.25, -0.2) is 4.98 Å². The van der Waals surface area contributed by atoms with Crippen molar-refractivity contribution in [3.63, 3.8) is 0 Å². The number of nitrogens with zero attached hydrogens (tertiary/aromatic N) is 5. The van der Waals surface area contributed by atoms with Crippen LogP contribution in [0.1, 0.15) is 16.2 Å². The molecule has 0 saturated carbocycles. The van der Waals surface area contributed by atoms with E-state index in [0.29, 0.717) is 18.7 Å². The minimum Gasteiger partial charge on any atom is -0.472 e. The molecule has 3 aromatic rings. The second kappa shape index (κ2) is 5.75. The summed E-state index contributed by atoms with van der Waals surface area (Å²) in [5.74, 6) is 1.15. The van der Waals surface area contributed by atoms with Crippen molar-refractivity contribution < 1.29 is 9.21 Å². The minimum atomic E-state index is -0.0272. The molecule has 0 spiro atoms. The first-order valence-electron chi connectivity index (χ1n) is 7.58. The van der Waals surface area contributed by atoms with Gasteiger partial charge in [0.05, 0.1) is 18.4 Å². The van der Waals surface area contributed by atoms with Gasteiger partial charge in [-0.15, -0.1) is 0 Å². The van der Waals surface area contributed by atoms with Crippen LogP contribution >= 0.6 is 0 Å². The summed E-state index contributed by atoms with van der Waals surface area (Å²) in [7, 11) is 0. The van der Waals surface area contributed by atoms with Crippen molar-refractivity contribution in [1.29, 1.82) is 0 Å². The minimum absolute atomic E-state index is 0.0272. The Morgan fingerprint density at radius 1 is 1.30 bits per heavy atom. The zero-order valence-corrected chi connectivity index (χ0v) is 12.6. The summed E-state index contributed by atoms with van der Waals surface area (Å²) in [5, 5.41) is 4.28. The standard InChI is InChI=1S/C16H17N5O2/c22-16(14-2-7-23-12-14)20-9-13(10-21-5-1-3-18-21)8-19-6-4-17-15(19)11-20/h1-7,12-13H,8-11H2/t13-/m1/s1. The number of rotatable bonds is 3. The number of hydrogen-bond donors (Lipinski definition) is 0. The zero-order chi connectivity index (χ0) is 15.6. The largest absolute Gasteiger partial charge is 0.472 e. The van der Waals surface area contributed by atoms with Crippen LogP contribution in [0.4, 0.5) is 0 Å². The van der Waals surface area contributed by atoms with Crippen molar-refractivity contribution in [2.75, 3.05) is 6.54 Å². The highest BCUT2D eigenvalue weighted by Gasteiger charge is 2.27. The van der Waals surface area contributed by atoms with Crippen LogP contribution in [0.15, 0.2) is 53.9 Å². The molecule has 3 aromatic heterocycles. The molecule has 1 aliphatic heterocycles. The van der Waals surface area contributed by atoms with Gasteiger partial charge in [0.2, 0.25) is 0 Å². The normalized spacial score (nSPS) is 17.7. The van der Waals surface area contributed by atoms with Gasteiger partial charge in [0.1, 0.15) is 12.1 Å². The summed E-state index contributed by atoms with van der Waals surface area (Å²) in [4.78, 5) is 18.9. The number of carbonyl (C=O) groups is 1. The highest BCUT2D eigenvalue weighted by atomic mass is 16.3. The number of fused-ring (bicyclic) bond motifs is 1. The number of hydrogen-bond acceptors (Lipinski definition) is 4. The molecule has 0 aromatic carbocycles. The quantitative estimate of drug-likeness (QED) is 0.737. The fourth-order valence-corrected chi connectivity index (χ4v) is 3.05. The molecule has 4 rings (SSSR count). The summed E-state index contributed by atoms with van der Waals surface area (Å²) < 4.78 is 9.07. The summed E-state index contributed by atoms with van der Waals surface area (Å²) in [6.07, 6.45) is 10.5. The molecule has 0 fully saturated rings. The SMILES string of the molecule is O=C(c1ccoc1)N1Cc2nccn2C[C@@H](Cn2cccn2)C1. The predicted octanol–water partition coefficient (Wildman–Crippen LogP) is 1.64. The highest BCUT2D eigenvalue weighted by molar-refractivity contribution is 5.93. The van der Waals surface area contributed by atoms with Crippen LogP contribution in [-0.2, 0) is 19.6 Å². The van der Waals surface area contributed by atoms with Crippen LogP contribution in [0.2, 0.25) is 0 Å². The van der Waals surface area contributed by atoms with E-state index in [1.165, 1.54) is 12.5 Å². The van der Waals surface area contributed by atoms with E-state index < -0.39 is 0 Å². The molecule has 0 unspecified atom stereocenters. The third-order valence-electron chi connectivity index (χ3n) is 4.13. The van der Waals surface area contributed by atoms with Crippen LogP contribution in [0.25, 0.3) is 0 Å². The molecule has 4 heterocycles. The molecule has 0 bridgehead atoms. The van der Waals surface area contributed by atoms with Gasteiger partial charge in [0, 0.05) is 50.3 Å². The second-order valence-corrected chi connectivity index (χ2v) is 5.79. The first-order chi connectivity index (χ1) is 11.3. The fourth-order valence-electron chi connectivity index (χ4n) is 3.05. The van der Waals surface area contributed by atoms with Crippen LogP contribution in [0, 0.1) is 5.92 Å². The molecule has 7 heteroatoms. The van der Waals surface area contributed by atoms with Crippen LogP contribution in [0.5, 0.6) is 0 Å². The molecular weight excluding hydrogens is 294 g/mol. The van der Waals surface area contributed by atoms with Gasteiger partial charge in [0.25, 0.3) is 5.91 Å². The number of furan rings is 1. The van der Waals surface area contributed by atoms with Gasteiger partial charge in [0.15, 0.2) is 0 Å². The van der Waals surface area contributed by atoms with Crippen molar-refractivity contribution in [1.82, 2.24) is 24.2 Å². The lowest BCUT2D eigenvalue weighted by Crippen LogP contribution is -2.35. The monoisotopic (exact) mass is 311 g/mol. The lowest BCUT2D eigenvalue weighted by atomic mass is 10.1. The third-order valence-corrected chi connectivity index (χ3v) is 4.13.